The van der Waals surface area contributed by atoms with Crippen LogP contribution in [-0.4, -0.2) is 62.2 Å². The van der Waals surface area contributed by atoms with Gasteiger partial charge in [-0.25, -0.2) is 0 Å². The second-order valence-corrected chi connectivity index (χ2v) is 5.03. The smallest absolute Gasteiger partial charge is 0.116 e. The molecular formula is C12H20N4O. The number of nitrogens with one attached hydrogen (secondary N) is 2. The first-order valence-electron chi connectivity index (χ1n) is 6.29. The lowest BCUT2D eigenvalue weighted by atomic mass is 10.2. The summed E-state index contributed by atoms with van der Waals surface area (Å²) in [5.74, 6) is 0. The molecule has 94 valence electrons. The highest BCUT2D eigenvalue weighted by Gasteiger charge is 2.22. The van der Waals surface area contributed by atoms with Crippen LogP contribution in [0.25, 0.3) is 0 Å². The van der Waals surface area contributed by atoms with Gasteiger partial charge in [0, 0.05) is 39.3 Å². The molecule has 0 aliphatic carbocycles. The Kier molecular flexibility index (Phi) is 2.94. The van der Waals surface area contributed by atoms with Gasteiger partial charge in [0.05, 0.1) is 17.4 Å². The molecule has 0 aromatic carbocycles. The van der Waals surface area contributed by atoms with E-state index in [-0.39, 0.29) is 0 Å². The summed E-state index contributed by atoms with van der Waals surface area (Å²) < 4.78 is 5.17. The molecule has 0 saturated carbocycles. The fraction of sp³-hybridized carbons (Fsp3) is 0.667. The van der Waals surface area contributed by atoms with E-state index < -0.39 is 0 Å². The predicted octanol–water partition coefficient (Wildman–Crippen LogP) is 0.733. The third-order valence-corrected chi connectivity index (χ3v) is 3.63. The van der Waals surface area contributed by atoms with E-state index in [4.69, 9.17) is 4.42 Å². The Bertz CT molecular complexity index is 370. The van der Waals surface area contributed by atoms with Gasteiger partial charge in [-0.2, -0.15) is 0 Å². The molecule has 2 aliphatic heterocycles. The van der Waals surface area contributed by atoms with Crippen LogP contribution < -0.4 is 10.6 Å². The maximum atomic E-state index is 5.17. The minimum atomic E-state index is 0.475. The molecule has 2 aliphatic rings. The fourth-order valence-electron chi connectivity index (χ4n) is 2.50. The topological polar surface area (TPSA) is 43.7 Å². The Hall–Kier alpha value is -1.20. The number of fused-ring (bicyclic) bond motifs is 1. The molecule has 0 spiro atoms. The third kappa shape index (κ3) is 2.40. The monoisotopic (exact) mass is 236 g/mol. The Labute approximate surface area is 102 Å². The molecule has 17 heavy (non-hydrogen) atoms. The molecule has 1 saturated heterocycles. The molecule has 5 nitrogen and oxygen atoms in total. The Balaban J connectivity index is 1.54. The zero-order chi connectivity index (χ0) is 11.7. The first-order chi connectivity index (χ1) is 8.31. The van der Waals surface area contributed by atoms with E-state index in [1.54, 1.807) is 12.5 Å². The van der Waals surface area contributed by atoms with Crippen LogP contribution in [0.3, 0.4) is 0 Å². The lowest BCUT2D eigenvalue weighted by Gasteiger charge is -2.36. The number of anilines is 2. The van der Waals surface area contributed by atoms with Gasteiger partial charge >= 0.3 is 0 Å². The first-order valence-corrected chi connectivity index (χ1v) is 6.29. The van der Waals surface area contributed by atoms with E-state index in [0.717, 1.165) is 24.5 Å². The lowest BCUT2D eigenvalue weighted by molar-refractivity contribution is 0.150. The van der Waals surface area contributed by atoms with Crippen molar-refractivity contribution < 1.29 is 4.42 Å². The predicted molar refractivity (Wildman–Crippen MR) is 68.5 cm³/mol. The van der Waals surface area contributed by atoms with Gasteiger partial charge in [-0.1, -0.05) is 0 Å². The van der Waals surface area contributed by atoms with Crippen molar-refractivity contribution in [3.63, 3.8) is 0 Å². The average Bonchev–Trinajstić information content (AvgIpc) is 2.79. The largest absolute Gasteiger partial charge is 0.468 e. The van der Waals surface area contributed by atoms with Crippen molar-refractivity contribution in [3.05, 3.63) is 12.5 Å². The van der Waals surface area contributed by atoms with Crippen molar-refractivity contribution in [2.45, 2.75) is 6.04 Å². The highest BCUT2D eigenvalue weighted by molar-refractivity contribution is 5.69. The number of furan rings is 1. The van der Waals surface area contributed by atoms with Gasteiger partial charge in [0.2, 0.25) is 0 Å². The van der Waals surface area contributed by atoms with Gasteiger partial charge in [0.15, 0.2) is 0 Å². The van der Waals surface area contributed by atoms with Crippen LogP contribution in [0.4, 0.5) is 11.4 Å². The lowest BCUT2D eigenvalue weighted by Crippen LogP contribution is -2.50. The second kappa shape index (κ2) is 4.58. The number of rotatable bonds is 2. The zero-order valence-electron chi connectivity index (χ0n) is 10.3. The molecule has 2 N–H and O–H groups in total. The van der Waals surface area contributed by atoms with E-state index in [1.807, 2.05) is 0 Å². The van der Waals surface area contributed by atoms with Crippen molar-refractivity contribution in [3.8, 4) is 0 Å². The maximum Gasteiger partial charge on any atom is 0.116 e. The summed E-state index contributed by atoms with van der Waals surface area (Å²) in [5.41, 5.74) is 2.18. The standard InChI is InChI=1S/C12H20N4O/c1-15-2-4-16(5-3-15)7-10-6-13-11-8-17-9-12(11)14-10/h8-10,13-14H,2-7H2,1H3. The second-order valence-electron chi connectivity index (χ2n) is 5.03. The Morgan fingerprint density at radius 2 is 2.00 bits per heavy atom. The highest BCUT2D eigenvalue weighted by Crippen LogP contribution is 2.26. The number of likely N-dealkylation sites (N-methyl/N-ethyl adjacent to an activating group) is 1. The van der Waals surface area contributed by atoms with Crippen molar-refractivity contribution in [1.29, 1.82) is 0 Å². The van der Waals surface area contributed by atoms with Crippen LogP contribution >= 0.6 is 0 Å². The maximum absolute atomic E-state index is 5.17. The molecule has 5 heteroatoms. The summed E-state index contributed by atoms with van der Waals surface area (Å²) in [6.07, 6.45) is 3.53. The van der Waals surface area contributed by atoms with Crippen LogP contribution in [0.2, 0.25) is 0 Å². The van der Waals surface area contributed by atoms with E-state index in [0.29, 0.717) is 6.04 Å². The summed E-state index contributed by atoms with van der Waals surface area (Å²) in [5, 5.41) is 6.92. The summed E-state index contributed by atoms with van der Waals surface area (Å²) >= 11 is 0. The molecule has 1 aromatic heterocycles. The number of nitrogens with zero attached hydrogens (tertiary/aromatic N) is 2. The molecule has 0 amide bonds. The number of piperazine rings is 1. The molecule has 1 fully saturated rings. The minimum absolute atomic E-state index is 0.475. The van der Waals surface area contributed by atoms with E-state index in [1.165, 1.54) is 26.2 Å². The van der Waals surface area contributed by atoms with E-state index in [9.17, 15) is 0 Å². The van der Waals surface area contributed by atoms with Crippen molar-refractivity contribution in [2.75, 3.05) is 56.9 Å². The molecule has 1 unspecified atom stereocenters. The molecule has 1 aromatic rings. The zero-order valence-corrected chi connectivity index (χ0v) is 10.3. The Morgan fingerprint density at radius 1 is 1.24 bits per heavy atom. The normalized spacial score (nSPS) is 26.1. The average molecular weight is 236 g/mol. The van der Waals surface area contributed by atoms with Crippen LogP contribution in [0.15, 0.2) is 16.9 Å². The minimum Gasteiger partial charge on any atom is -0.468 e. The van der Waals surface area contributed by atoms with Crippen LogP contribution in [0.5, 0.6) is 0 Å². The summed E-state index contributed by atoms with van der Waals surface area (Å²) in [6.45, 7) is 6.78. The summed E-state index contributed by atoms with van der Waals surface area (Å²) in [7, 11) is 2.19. The highest BCUT2D eigenvalue weighted by atomic mass is 16.3. The third-order valence-electron chi connectivity index (χ3n) is 3.63. The van der Waals surface area contributed by atoms with Crippen LogP contribution in [-0.2, 0) is 0 Å². The molecule has 0 radical (unpaired) electrons. The van der Waals surface area contributed by atoms with Gasteiger partial charge in [0.1, 0.15) is 12.5 Å². The quantitative estimate of drug-likeness (QED) is 0.792. The van der Waals surface area contributed by atoms with Crippen LogP contribution in [0.1, 0.15) is 0 Å². The molecule has 3 rings (SSSR count). The van der Waals surface area contributed by atoms with E-state index in [2.05, 4.69) is 27.5 Å². The van der Waals surface area contributed by atoms with Gasteiger partial charge in [-0.15, -0.1) is 0 Å². The van der Waals surface area contributed by atoms with Crippen molar-refractivity contribution >= 4 is 11.4 Å². The van der Waals surface area contributed by atoms with Crippen molar-refractivity contribution in [2.24, 2.45) is 0 Å². The molecule has 3 heterocycles. The SMILES string of the molecule is CN1CCN(CC2CNc3cocc3N2)CC1. The van der Waals surface area contributed by atoms with E-state index >= 15 is 0 Å². The fourth-order valence-corrected chi connectivity index (χ4v) is 2.50. The molecule has 1 atom stereocenters. The number of hydrogen-bond donors (Lipinski definition) is 2. The van der Waals surface area contributed by atoms with Gasteiger partial charge in [-0.3, -0.25) is 4.90 Å². The molecule has 0 bridgehead atoms. The van der Waals surface area contributed by atoms with Crippen LogP contribution in [0, 0.1) is 0 Å². The molecular weight excluding hydrogens is 216 g/mol. The number of hydrogen-bond acceptors (Lipinski definition) is 5. The van der Waals surface area contributed by atoms with Gasteiger partial charge in [-0.05, 0) is 7.05 Å². The first kappa shape index (κ1) is 10.9. The van der Waals surface area contributed by atoms with Gasteiger partial charge in [0.25, 0.3) is 0 Å². The van der Waals surface area contributed by atoms with Gasteiger partial charge < -0.3 is 20.0 Å². The summed E-state index contributed by atoms with van der Waals surface area (Å²) in [4.78, 5) is 4.92. The summed E-state index contributed by atoms with van der Waals surface area (Å²) in [6, 6.07) is 0.475. The Morgan fingerprint density at radius 3 is 2.82 bits per heavy atom. The van der Waals surface area contributed by atoms with Crippen molar-refractivity contribution in [1.82, 2.24) is 9.80 Å².